The predicted molar refractivity (Wildman–Crippen MR) is 73.3 cm³/mol. The summed E-state index contributed by atoms with van der Waals surface area (Å²) in [6, 6.07) is 6.51. The summed E-state index contributed by atoms with van der Waals surface area (Å²) in [5.74, 6) is -2.23. The molecule has 2 aromatic rings. The Morgan fingerprint density at radius 1 is 0.833 bits per heavy atom. The number of benzene rings is 2. The number of hydrogen-bond donors (Lipinski definition) is 2. The quantitative estimate of drug-likeness (QED) is 0.840. The van der Waals surface area contributed by atoms with Crippen LogP contribution >= 0.6 is 31.9 Å². The van der Waals surface area contributed by atoms with Crippen LogP contribution in [-0.2, 0) is 0 Å². The molecule has 0 bridgehead atoms. The van der Waals surface area contributed by atoms with E-state index < -0.39 is 11.9 Å². The molecule has 18 heavy (non-hydrogen) atoms. The van der Waals surface area contributed by atoms with Gasteiger partial charge in [-0.05, 0) is 42.6 Å². The van der Waals surface area contributed by atoms with Gasteiger partial charge in [0.15, 0.2) is 0 Å². The van der Waals surface area contributed by atoms with Crippen molar-refractivity contribution in [2.24, 2.45) is 0 Å². The Labute approximate surface area is 118 Å². The van der Waals surface area contributed by atoms with Gasteiger partial charge in [-0.15, -0.1) is 0 Å². The third-order valence-corrected chi connectivity index (χ3v) is 4.64. The van der Waals surface area contributed by atoms with Crippen molar-refractivity contribution in [3.63, 3.8) is 0 Å². The molecule has 2 N–H and O–H groups in total. The van der Waals surface area contributed by atoms with E-state index in [0.29, 0.717) is 10.8 Å². The zero-order valence-electron chi connectivity index (χ0n) is 8.78. The highest BCUT2D eigenvalue weighted by molar-refractivity contribution is 9.13. The average molecular weight is 374 g/mol. The van der Waals surface area contributed by atoms with Crippen LogP contribution in [0.3, 0.4) is 0 Å². The fraction of sp³-hybridized carbons (Fsp3) is 0. The molecular formula is C12H6Br2O4. The highest BCUT2D eigenvalue weighted by Crippen LogP contribution is 2.37. The minimum atomic E-state index is -1.12. The summed E-state index contributed by atoms with van der Waals surface area (Å²) >= 11 is 6.26. The minimum Gasteiger partial charge on any atom is -0.478 e. The monoisotopic (exact) mass is 372 g/mol. The lowest BCUT2D eigenvalue weighted by Gasteiger charge is -2.11. The molecule has 6 heteroatoms. The fourth-order valence-electron chi connectivity index (χ4n) is 1.79. The molecule has 0 aliphatic carbocycles. The molecule has 0 spiro atoms. The summed E-state index contributed by atoms with van der Waals surface area (Å²) in [5.41, 5.74) is 0.0879. The van der Waals surface area contributed by atoms with Gasteiger partial charge in [0.05, 0.1) is 11.1 Å². The molecule has 0 saturated heterocycles. The van der Waals surface area contributed by atoms with Crippen LogP contribution in [-0.4, -0.2) is 22.2 Å². The molecule has 0 radical (unpaired) electrons. The maximum absolute atomic E-state index is 11.3. The first-order chi connectivity index (χ1) is 8.45. The Morgan fingerprint density at radius 2 is 1.17 bits per heavy atom. The first kappa shape index (κ1) is 13.0. The van der Waals surface area contributed by atoms with Gasteiger partial charge in [0.25, 0.3) is 0 Å². The van der Waals surface area contributed by atoms with Crippen molar-refractivity contribution in [3.8, 4) is 0 Å². The van der Waals surface area contributed by atoms with Crippen molar-refractivity contribution >= 4 is 54.6 Å². The van der Waals surface area contributed by atoms with Crippen LogP contribution in [0.5, 0.6) is 0 Å². The van der Waals surface area contributed by atoms with Crippen LogP contribution < -0.4 is 0 Å². The van der Waals surface area contributed by atoms with E-state index in [1.54, 1.807) is 24.3 Å². The lowest BCUT2D eigenvalue weighted by atomic mass is 9.99. The third kappa shape index (κ3) is 1.91. The number of carboxylic acids is 2. The van der Waals surface area contributed by atoms with Gasteiger partial charge >= 0.3 is 11.9 Å². The zero-order valence-corrected chi connectivity index (χ0v) is 11.9. The normalized spacial score (nSPS) is 10.6. The summed E-state index contributed by atoms with van der Waals surface area (Å²) in [5, 5.41) is 19.2. The summed E-state index contributed by atoms with van der Waals surface area (Å²) < 4.78 is 0.456. The minimum absolute atomic E-state index is 0.0440. The van der Waals surface area contributed by atoms with Gasteiger partial charge in [-0.2, -0.15) is 0 Å². The number of carboxylic acid groups (broad SMARTS) is 2. The van der Waals surface area contributed by atoms with Crippen molar-refractivity contribution in [2.45, 2.75) is 0 Å². The van der Waals surface area contributed by atoms with Crippen molar-refractivity contribution in [1.82, 2.24) is 0 Å². The molecule has 4 nitrogen and oxygen atoms in total. The van der Waals surface area contributed by atoms with Gasteiger partial charge in [-0.25, -0.2) is 9.59 Å². The zero-order chi connectivity index (χ0) is 13.4. The van der Waals surface area contributed by atoms with Crippen LogP contribution in [0.15, 0.2) is 33.2 Å². The number of halogens is 2. The molecule has 0 aliphatic rings. The molecule has 0 aliphatic heterocycles. The lowest BCUT2D eigenvalue weighted by Crippen LogP contribution is -2.06. The van der Waals surface area contributed by atoms with E-state index in [-0.39, 0.29) is 20.1 Å². The Morgan fingerprint density at radius 3 is 1.44 bits per heavy atom. The maximum atomic E-state index is 11.3. The van der Waals surface area contributed by atoms with Crippen LogP contribution in [0.25, 0.3) is 10.8 Å². The van der Waals surface area contributed by atoms with Crippen molar-refractivity contribution < 1.29 is 19.8 Å². The maximum Gasteiger partial charge on any atom is 0.337 e. The Hall–Kier alpha value is -1.40. The van der Waals surface area contributed by atoms with Crippen molar-refractivity contribution in [3.05, 3.63) is 44.3 Å². The first-order valence-corrected chi connectivity index (χ1v) is 6.40. The van der Waals surface area contributed by atoms with Crippen molar-refractivity contribution in [2.75, 3.05) is 0 Å². The molecule has 0 saturated carbocycles. The second-order valence-electron chi connectivity index (χ2n) is 3.53. The van der Waals surface area contributed by atoms with E-state index in [4.69, 9.17) is 0 Å². The van der Waals surface area contributed by atoms with Gasteiger partial charge in [-0.3, -0.25) is 0 Å². The Balaban J connectivity index is 3.07. The largest absolute Gasteiger partial charge is 0.478 e. The van der Waals surface area contributed by atoms with E-state index in [1.807, 2.05) is 0 Å². The third-order valence-electron chi connectivity index (χ3n) is 2.53. The van der Waals surface area contributed by atoms with Crippen LogP contribution in [0.4, 0.5) is 0 Å². The fourth-order valence-corrected chi connectivity index (χ4v) is 2.96. The molecule has 2 rings (SSSR count). The van der Waals surface area contributed by atoms with Gasteiger partial charge < -0.3 is 10.2 Å². The van der Waals surface area contributed by atoms with Gasteiger partial charge in [-0.1, -0.05) is 24.3 Å². The number of hydrogen-bond acceptors (Lipinski definition) is 2. The second kappa shape index (κ2) is 4.70. The molecule has 92 valence electrons. The SMILES string of the molecule is O=C(O)c1c(Br)c(Br)c(C(=O)O)c2ccccc12. The molecule has 0 amide bonds. The number of fused-ring (bicyclic) bond motifs is 1. The van der Waals surface area contributed by atoms with Gasteiger partial charge in [0, 0.05) is 8.95 Å². The van der Waals surface area contributed by atoms with E-state index in [0.717, 1.165) is 0 Å². The van der Waals surface area contributed by atoms with Gasteiger partial charge in [0.2, 0.25) is 0 Å². The Kier molecular flexibility index (Phi) is 3.41. The number of rotatable bonds is 2. The predicted octanol–water partition coefficient (Wildman–Crippen LogP) is 3.76. The van der Waals surface area contributed by atoms with Crippen LogP contribution in [0, 0.1) is 0 Å². The van der Waals surface area contributed by atoms with Crippen LogP contribution in [0.2, 0.25) is 0 Å². The molecule has 2 aromatic carbocycles. The lowest BCUT2D eigenvalue weighted by molar-refractivity contribution is 0.0682. The molecule has 0 aromatic heterocycles. The van der Waals surface area contributed by atoms with E-state index in [2.05, 4.69) is 31.9 Å². The average Bonchev–Trinajstić information content (AvgIpc) is 2.29. The standard InChI is InChI=1S/C12H6Br2O4/c13-9-7(11(15)16)5-3-1-2-4-6(5)8(10(9)14)12(17)18/h1-4H,(H,15,16)(H,17,18). The summed E-state index contributed by atoms with van der Waals surface area (Å²) in [4.78, 5) is 22.5. The molecule has 0 fully saturated rings. The molecule has 0 atom stereocenters. The van der Waals surface area contributed by atoms with E-state index in [1.165, 1.54) is 0 Å². The van der Waals surface area contributed by atoms with Crippen molar-refractivity contribution in [1.29, 1.82) is 0 Å². The van der Waals surface area contributed by atoms with E-state index >= 15 is 0 Å². The van der Waals surface area contributed by atoms with Crippen LogP contribution in [0.1, 0.15) is 20.7 Å². The topological polar surface area (TPSA) is 74.6 Å². The Bertz CT molecular complexity index is 621. The first-order valence-electron chi connectivity index (χ1n) is 4.81. The highest BCUT2D eigenvalue weighted by atomic mass is 79.9. The smallest absolute Gasteiger partial charge is 0.337 e. The van der Waals surface area contributed by atoms with E-state index in [9.17, 15) is 19.8 Å². The molecule has 0 heterocycles. The summed E-state index contributed by atoms with van der Waals surface area (Å²) in [6.07, 6.45) is 0. The number of carbonyl (C=O) groups is 2. The summed E-state index contributed by atoms with van der Waals surface area (Å²) in [6.45, 7) is 0. The molecule has 0 unspecified atom stereocenters. The summed E-state index contributed by atoms with van der Waals surface area (Å²) in [7, 11) is 0. The molecular weight excluding hydrogens is 368 g/mol. The second-order valence-corrected chi connectivity index (χ2v) is 5.12. The number of aromatic carboxylic acids is 2. The highest BCUT2D eigenvalue weighted by Gasteiger charge is 2.23. The van der Waals surface area contributed by atoms with Gasteiger partial charge in [0.1, 0.15) is 0 Å².